The zero-order valence-corrected chi connectivity index (χ0v) is 15.4. The van der Waals surface area contributed by atoms with Crippen LogP contribution in [0.5, 0.6) is 5.75 Å². The van der Waals surface area contributed by atoms with Crippen LogP contribution < -0.4 is 10.1 Å². The summed E-state index contributed by atoms with van der Waals surface area (Å²) in [6, 6.07) is 1.71. The monoisotopic (exact) mass is 361 g/mol. The number of amides is 2. The van der Waals surface area contributed by atoms with E-state index in [9.17, 15) is 14.7 Å². The molecule has 1 atom stereocenters. The maximum Gasteiger partial charge on any atom is 0.223 e. The first-order valence-electron chi connectivity index (χ1n) is 9.20. The van der Waals surface area contributed by atoms with Crippen LogP contribution >= 0.6 is 0 Å². The first-order valence-corrected chi connectivity index (χ1v) is 9.20. The van der Waals surface area contributed by atoms with Gasteiger partial charge in [-0.15, -0.1) is 0 Å². The van der Waals surface area contributed by atoms with Gasteiger partial charge in [0.2, 0.25) is 11.8 Å². The number of hydrogen-bond acceptors (Lipinski definition) is 5. The molecule has 1 aromatic heterocycles. The molecular formula is C19H27N3O4. The van der Waals surface area contributed by atoms with Crippen molar-refractivity contribution in [3.63, 3.8) is 0 Å². The molecule has 0 unspecified atom stereocenters. The second-order valence-electron chi connectivity index (χ2n) is 7.31. The van der Waals surface area contributed by atoms with E-state index in [1.165, 1.54) is 0 Å². The van der Waals surface area contributed by atoms with E-state index in [0.717, 1.165) is 5.56 Å². The molecule has 1 aliphatic heterocycles. The fraction of sp³-hybridized carbons (Fsp3) is 0.632. The van der Waals surface area contributed by atoms with Gasteiger partial charge in [0, 0.05) is 32.1 Å². The van der Waals surface area contributed by atoms with Gasteiger partial charge in [-0.05, 0) is 43.2 Å². The number of methoxy groups -OCH3 is 1. The molecule has 1 saturated heterocycles. The van der Waals surface area contributed by atoms with Crippen LogP contribution in [0.1, 0.15) is 44.2 Å². The Morgan fingerprint density at radius 3 is 2.58 bits per heavy atom. The Morgan fingerprint density at radius 2 is 2.00 bits per heavy atom. The number of nitrogens with one attached hydrogen (secondary N) is 1. The van der Waals surface area contributed by atoms with Gasteiger partial charge in [0.1, 0.15) is 5.75 Å². The zero-order chi connectivity index (χ0) is 18.7. The van der Waals surface area contributed by atoms with Gasteiger partial charge in [-0.25, -0.2) is 0 Å². The summed E-state index contributed by atoms with van der Waals surface area (Å²) in [5, 5.41) is 12.9. The van der Waals surface area contributed by atoms with Gasteiger partial charge >= 0.3 is 0 Å². The number of pyridine rings is 1. The van der Waals surface area contributed by atoms with Crippen molar-refractivity contribution in [3.8, 4) is 5.75 Å². The highest BCUT2D eigenvalue weighted by Gasteiger charge is 2.37. The van der Waals surface area contributed by atoms with Crippen molar-refractivity contribution < 1.29 is 19.4 Å². The predicted octanol–water partition coefficient (Wildman–Crippen LogP) is 1.28. The van der Waals surface area contributed by atoms with Crippen LogP contribution in [0.25, 0.3) is 0 Å². The highest BCUT2D eigenvalue weighted by Crippen LogP contribution is 2.39. The van der Waals surface area contributed by atoms with Crippen LogP contribution in [0.4, 0.5) is 0 Å². The Kier molecular flexibility index (Phi) is 5.76. The van der Waals surface area contributed by atoms with Gasteiger partial charge in [-0.2, -0.15) is 0 Å². The van der Waals surface area contributed by atoms with E-state index < -0.39 is 0 Å². The molecule has 0 bridgehead atoms. The van der Waals surface area contributed by atoms with Crippen LogP contribution in [0, 0.1) is 11.8 Å². The maximum atomic E-state index is 12.8. The molecule has 0 radical (unpaired) electrons. The Bertz CT molecular complexity index is 652. The number of ether oxygens (including phenoxy) is 1. The zero-order valence-electron chi connectivity index (χ0n) is 15.4. The number of carbonyl (C=O) groups excluding carboxylic acids is 2. The predicted molar refractivity (Wildman–Crippen MR) is 95.4 cm³/mol. The highest BCUT2D eigenvalue weighted by atomic mass is 16.5. The number of likely N-dealkylation sites (tertiary alicyclic amines) is 1. The summed E-state index contributed by atoms with van der Waals surface area (Å²) in [7, 11) is 1.59. The number of hydrogen-bond donors (Lipinski definition) is 2. The summed E-state index contributed by atoms with van der Waals surface area (Å²) < 4.78 is 5.25. The van der Waals surface area contributed by atoms with Crippen molar-refractivity contribution in [2.75, 3.05) is 20.2 Å². The summed E-state index contributed by atoms with van der Waals surface area (Å²) >= 11 is 0. The summed E-state index contributed by atoms with van der Waals surface area (Å²) in [5.41, 5.74) is 0.899. The highest BCUT2D eigenvalue weighted by molar-refractivity contribution is 5.80. The maximum absolute atomic E-state index is 12.8. The van der Waals surface area contributed by atoms with Gasteiger partial charge in [0.15, 0.2) is 0 Å². The molecule has 26 heavy (non-hydrogen) atoms. The van der Waals surface area contributed by atoms with Gasteiger partial charge in [-0.3, -0.25) is 14.6 Å². The molecule has 2 N–H and O–H groups in total. The van der Waals surface area contributed by atoms with Crippen molar-refractivity contribution in [2.24, 2.45) is 11.8 Å². The lowest BCUT2D eigenvalue weighted by atomic mass is 9.75. The standard InChI is InChI=1S/C19H27N3O4/c1-12(23)22-5-3-13(4-6-22)19(25)21-18(14-7-16(24)8-14)15-9-17(26-2)11-20-10-15/h9-11,13-14,16,18,24H,3-8H2,1-2H3,(H,21,25)/t14?,16?,18-/m1/s1. The van der Waals surface area contributed by atoms with Gasteiger partial charge in [-0.1, -0.05) is 0 Å². The Labute approximate surface area is 153 Å². The van der Waals surface area contributed by atoms with Crippen molar-refractivity contribution in [2.45, 2.75) is 44.8 Å². The molecule has 2 aliphatic rings. The molecule has 2 fully saturated rings. The van der Waals surface area contributed by atoms with E-state index in [-0.39, 0.29) is 35.8 Å². The van der Waals surface area contributed by atoms with Gasteiger partial charge in [0.25, 0.3) is 0 Å². The number of aliphatic hydroxyl groups is 1. The first-order chi connectivity index (χ1) is 12.5. The number of rotatable bonds is 5. The van der Waals surface area contributed by atoms with E-state index in [0.29, 0.717) is 44.5 Å². The third-order valence-corrected chi connectivity index (χ3v) is 5.56. The van der Waals surface area contributed by atoms with E-state index in [1.807, 2.05) is 6.07 Å². The molecule has 3 rings (SSSR count). The molecule has 2 heterocycles. The normalized spacial score (nSPS) is 24.5. The van der Waals surface area contributed by atoms with Crippen molar-refractivity contribution in [3.05, 3.63) is 24.0 Å². The lowest BCUT2D eigenvalue weighted by Gasteiger charge is -2.39. The summed E-state index contributed by atoms with van der Waals surface area (Å²) in [4.78, 5) is 30.2. The fourth-order valence-corrected chi connectivity index (χ4v) is 3.82. The lowest BCUT2D eigenvalue weighted by Crippen LogP contribution is -2.46. The van der Waals surface area contributed by atoms with E-state index in [1.54, 1.807) is 31.3 Å². The molecule has 7 nitrogen and oxygen atoms in total. The molecule has 7 heteroatoms. The second-order valence-corrected chi connectivity index (χ2v) is 7.31. The third-order valence-electron chi connectivity index (χ3n) is 5.56. The van der Waals surface area contributed by atoms with Gasteiger partial charge in [0.05, 0.1) is 25.5 Å². The summed E-state index contributed by atoms with van der Waals surface area (Å²) in [6.07, 6.45) is 5.79. The minimum atomic E-state index is -0.295. The molecule has 0 aromatic carbocycles. The Balaban J connectivity index is 1.68. The molecule has 1 aliphatic carbocycles. The van der Waals surface area contributed by atoms with Crippen molar-refractivity contribution in [1.29, 1.82) is 0 Å². The average Bonchev–Trinajstić information content (AvgIpc) is 2.63. The minimum absolute atomic E-state index is 0.0161. The Hall–Kier alpha value is -2.15. The molecule has 0 spiro atoms. The largest absolute Gasteiger partial charge is 0.495 e. The first kappa shape index (κ1) is 18.6. The van der Waals surface area contributed by atoms with Crippen LogP contribution in [0.2, 0.25) is 0 Å². The number of carbonyl (C=O) groups is 2. The van der Waals surface area contributed by atoms with Gasteiger partial charge < -0.3 is 20.1 Å². The van der Waals surface area contributed by atoms with Crippen molar-refractivity contribution in [1.82, 2.24) is 15.2 Å². The van der Waals surface area contributed by atoms with E-state index in [4.69, 9.17) is 4.74 Å². The summed E-state index contributed by atoms with van der Waals surface area (Å²) in [5.74, 6) is 0.836. The smallest absolute Gasteiger partial charge is 0.223 e. The van der Waals surface area contributed by atoms with E-state index >= 15 is 0 Å². The van der Waals surface area contributed by atoms with Crippen LogP contribution in [0.15, 0.2) is 18.5 Å². The second kappa shape index (κ2) is 8.03. The quantitative estimate of drug-likeness (QED) is 0.824. The van der Waals surface area contributed by atoms with E-state index in [2.05, 4.69) is 10.3 Å². The van der Waals surface area contributed by atoms with Crippen LogP contribution in [-0.2, 0) is 9.59 Å². The number of piperidine rings is 1. The lowest BCUT2D eigenvalue weighted by molar-refractivity contribution is -0.134. The van der Waals surface area contributed by atoms with Crippen LogP contribution in [-0.4, -0.2) is 53.1 Å². The third kappa shape index (κ3) is 4.15. The number of nitrogens with zero attached hydrogens (tertiary/aromatic N) is 2. The fourth-order valence-electron chi connectivity index (χ4n) is 3.82. The molecule has 1 aromatic rings. The van der Waals surface area contributed by atoms with Crippen LogP contribution in [0.3, 0.4) is 0 Å². The molecule has 1 saturated carbocycles. The number of aromatic nitrogens is 1. The summed E-state index contributed by atoms with van der Waals surface area (Å²) in [6.45, 7) is 2.82. The topological polar surface area (TPSA) is 91.8 Å². The average molecular weight is 361 g/mol. The van der Waals surface area contributed by atoms with Crippen molar-refractivity contribution >= 4 is 11.8 Å². The Morgan fingerprint density at radius 1 is 1.31 bits per heavy atom. The molecule has 2 amide bonds. The SMILES string of the molecule is COc1cncc([C@H](NC(=O)C2CCN(C(C)=O)CC2)C2CC(O)C2)c1. The molecule has 142 valence electrons. The number of aliphatic hydroxyl groups excluding tert-OH is 1. The molecular weight excluding hydrogens is 334 g/mol. The minimum Gasteiger partial charge on any atom is -0.495 e.